The predicted molar refractivity (Wildman–Crippen MR) is 81.8 cm³/mol. The van der Waals surface area contributed by atoms with E-state index in [-0.39, 0.29) is 18.5 Å². The number of nitrogens with zero attached hydrogens (tertiary/aromatic N) is 2. The smallest absolute Gasteiger partial charge is 0.241 e. The van der Waals surface area contributed by atoms with Crippen LogP contribution < -0.4 is 10.6 Å². The molecule has 0 spiro atoms. The molecular formula is C14H17BrN4O2. The molecule has 6 nitrogen and oxygen atoms in total. The summed E-state index contributed by atoms with van der Waals surface area (Å²) >= 11 is 3.29. The lowest BCUT2D eigenvalue weighted by atomic mass is 10.2. The largest absolute Gasteiger partial charge is 0.452 e. The van der Waals surface area contributed by atoms with Crippen LogP contribution in [0, 0.1) is 0 Å². The predicted octanol–water partition coefficient (Wildman–Crippen LogP) is 2.69. The molecule has 1 atom stereocenters. The molecule has 1 saturated carbocycles. The van der Waals surface area contributed by atoms with Gasteiger partial charge in [0.25, 0.3) is 0 Å². The first-order valence-corrected chi connectivity index (χ1v) is 7.73. The molecule has 3 rings (SSSR count). The number of carbonyl (C=O) groups is 1. The Labute approximate surface area is 131 Å². The van der Waals surface area contributed by atoms with E-state index in [1.165, 1.54) is 0 Å². The molecule has 2 aromatic heterocycles. The quantitative estimate of drug-likeness (QED) is 0.838. The van der Waals surface area contributed by atoms with Crippen LogP contribution in [-0.2, 0) is 11.3 Å². The van der Waals surface area contributed by atoms with Gasteiger partial charge in [-0.3, -0.25) is 9.48 Å². The molecule has 7 heteroatoms. The van der Waals surface area contributed by atoms with Gasteiger partial charge < -0.3 is 15.1 Å². The number of halogens is 1. The average molecular weight is 353 g/mol. The maximum Gasteiger partial charge on any atom is 0.241 e. The summed E-state index contributed by atoms with van der Waals surface area (Å²) in [4.78, 5) is 11.7. The second kappa shape index (κ2) is 5.93. The van der Waals surface area contributed by atoms with E-state index in [0.717, 1.165) is 24.3 Å². The number of rotatable bonds is 6. The Morgan fingerprint density at radius 2 is 2.38 bits per heavy atom. The summed E-state index contributed by atoms with van der Waals surface area (Å²) in [5, 5.41) is 10.4. The molecule has 2 heterocycles. The maximum absolute atomic E-state index is 11.7. The topological polar surface area (TPSA) is 72.1 Å². The van der Waals surface area contributed by atoms with Crippen LogP contribution in [0.2, 0.25) is 0 Å². The zero-order valence-corrected chi connectivity index (χ0v) is 13.3. The molecule has 1 aliphatic rings. The molecule has 1 amide bonds. The minimum Gasteiger partial charge on any atom is -0.452 e. The minimum absolute atomic E-state index is 0.00941. The van der Waals surface area contributed by atoms with E-state index in [1.54, 1.807) is 10.9 Å². The second-order valence-electron chi connectivity index (χ2n) is 5.28. The second-order valence-corrected chi connectivity index (χ2v) is 6.06. The Kier molecular flexibility index (Phi) is 4.01. The van der Waals surface area contributed by atoms with Crippen LogP contribution in [0.5, 0.6) is 0 Å². The van der Waals surface area contributed by atoms with Gasteiger partial charge in [0.15, 0.2) is 4.67 Å². The van der Waals surface area contributed by atoms with Gasteiger partial charge in [-0.05, 0) is 47.8 Å². The van der Waals surface area contributed by atoms with E-state index in [9.17, 15) is 4.79 Å². The first-order valence-electron chi connectivity index (χ1n) is 6.94. The highest BCUT2D eigenvalue weighted by Gasteiger charge is 2.23. The fourth-order valence-corrected chi connectivity index (χ4v) is 2.37. The Balaban J connectivity index is 1.55. The highest BCUT2D eigenvalue weighted by atomic mass is 79.9. The number of amides is 1. The average Bonchev–Trinajstić information content (AvgIpc) is 2.95. The zero-order chi connectivity index (χ0) is 14.8. The molecule has 21 heavy (non-hydrogen) atoms. The van der Waals surface area contributed by atoms with Crippen LogP contribution in [0.3, 0.4) is 0 Å². The van der Waals surface area contributed by atoms with E-state index in [1.807, 2.05) is 25.3 Å². The van der Waals surface area contributed by atoms with E-state index in [2.05, 4.69) is 31.7 Å². The summed E-state index contributed by atoms with van der Waals surface area (Å²) < 4.78 is 7.84. The van der Waals surface area contributed by atoms with E-state index in [0.29, 0.717) is 10.7 Å². The van der Waals surface area contributed by atoms with Crippen LogP contribution >= 0.6 is 15.9 Å². The third kappa shape index (κ3) is 3.87. The first-order chi connectivity index (χ1) is 10.1. The zero-order valence-electron chi connectivity index (χ0n) is 11.7. The van der Waals surface area contributed by atoms with Crippen LogP contribution in [0.25, 0.3) is 0 Å². The molecule has 2 aromatic rings. The van der Waals surface area contributed by atoms with E-state index < -0.39 is 0 Å². The van der Waals surface area contributed by atoms with Gasteiger partial charge in [0.1, 0.15) is 12.3 Å². The summed E-state index contributed by atoms with van der Waals surface area (Å²) in [5.74, 6) is 0.844. The van der Waals surface area contributed by atoms with Crippen molar-refractivity contribution in [3.05, 3.63) is 35.0 Å². The Hall–Kier alpha value is -1.76. The van der Waals surface area contributed by atoms with Crippen molar-refractivity contribution in [2.45, 2.75) is 38.4 Å². The van der Waals surface area contributed by atoms with Crippen LogP contribution in [0.4, 0.5) is 5.69 Å². The number of aromatic nitrogens is 2. The van der Waals surface area contributed by atoms with Gasteiger partial charge in [-0.25, -0.2) is 0 Å². The van der Waals surface area contributed by atoms with E-state index in [4.69, 9.17) is 4.42 Å². The van der Waals surface area contributed by atoms with Crippen molar-refractivity contribution in [3.63, 3.8) is 0 Å². The molecule has 0 aliphatic heterocycles. The number of furan rings is 1. The van der Waals surface area contributed by atoms with Crippen molar-refractivity contribution < 1.29 is 9.21 Å². The molecule has 0 aromatic carbocycles. The normalized spacial score (nSPS) is 15.7. The molecule has 112 valence electrons. The standard InChI is InChI=1S/C14H17BrN4O2/c1-9(12-4-5-13(15)21-12)17-11-6-16-19(7-11)8-14(20)18-10-2-3-10/h4-7,9-10,17H,2-3,8H2,1H3,(H,18,20). The fourth-order valence-electron chi connectivity index (χ4n) is 2.05. The Morgan fingerprint density at radius 1 is 1.57 bits per heavy atom. The van der Waals surface area contributed by atoms with Gasteiger partial charge in [-0.1, -0.05) is 0 Å². The first kappa shape index (κ1) is 14.2. The molecule has 0 radical (unpaired) electrons. The summed E-state index contributed by atoms with van der Waals surface area (Å²) in [5.41, 5.74) is 0.856. The van der Waals surface area contributed by atoms with Crippen LogP contribution in [-0.4, -0.2) is 21.7 Å². The SMILES string of the molecule is CC(Nc1cnn(CC(=O)NC2CC2)c1)c1ccc(Br)o1. The number of nitrogens with one attached hydrogen (secondary N) is 2. The summed E-state index contributed by atoms with van der Waals surface area (Å²) in [6.07, 6.45) is 5.71. The lowest BCUT2D eigenvalue weighted by Gasteiger charge is -2.10. The third-order valence-corrected chi connectivity index (χ3v) is 3.71. The van der Waals surface area contributed by atoms with Gasteiger partial charge in [0.2, 0.25) is 5.91 Å². The van der Waals surface area contributed by atoms with Crippen LogP contribution in [0.15, 0.2) is 33.6 Å². The molecule has 1 unspecified atom stereocenters. The van der Waals surface area contributed by atoms with Gasteiger partial charge in [0.05, 0.1) is 17.9 Å². The Morgan fingerprint density at radius 3 is 3.05 bits per heavy atom. The van der Waals surface area contributed by atoms with E-state index >= 15 is 0 Å². The molecular weight excluding hydrogens is 336 g/mol. The van der Waals surface area contributed by atoms with Crippen LogP contribution in [0.1, 0.15) is 31.6 Å². The van der Waals surface area contributed by atoms with Gasteiger partial charge >= 0.3 is 0 Å². The van der Waals surface area contributed by atoms with Crippen molar-refractivity contribution in [2.75, 3.05) is 5.32 Å². The number of anilines is 1. The van der Waals surface area contributed by atoms with Crippen molar-refractivity contribution in [1.29, 1.82) is 0 Å². The summed E-state index contributed by atoms with van der Waals surface area (Å²) in [6.45, 7) is 2.25. The number of carbonyl (C=O) groups excluding carboxylic acids is 1. The lowest BCUT2D eigenvalue weighted by molar-refractivity contribution is -0.122. The molecule has 0 bridgehead atoms. The van der Waals surface area contributed by atoms with Gasteiger partial charge in [-0.15, -0.1) is 0 Å². The van der Waals surface area contributed by atoms with Crippen molar-refractivity contribution in [2.24, 2.45) is 0 Å². The lowest BCUT2D eigenvalue weighted by Crippen LogP contribution is -2.29. The van der Waals surface area contributed by atoms with Gasteiger partial charge in [0, 0.05) is 12.2 Å². The Bertz CT molecular complexity index is 632. The number of hydrogen-bond donors (Lipinski definition) is 2. The minimum atomic E-state index is 0.00941. The monoisotopic (exact) mass is 352 g/mol. The third-order valence-electron chi connectivity index (χ3n) is 3.29. The molecule has 0 saturated heterocycles. The van der Waals surface area contributed by atoms with Crippen molar-refractivity contribution in [3.8, 4) is 0 Å². The maximum atomic E-state index is 11.7. The highest BCUT2D eigenvalue weighted by molar-refractivity contribution is 9.10. The molecule has 2 N–H and O–H groups in total. The number of hydrogen-bond acceptors (Lipinski definition) is 4. The summed E-state index contributed by atoms with van der Waals surface area (Å²) in [7, 11) is 0. The fraction of sp³-hybridized carbons (Fsp3) is 0.429. The molecule has 1 aliphatic carbocycles. The molecule has 1 fully saturated rings. The highest BCUT2D eigenvalue weighted by Crippen LogP contribution is 2.23. The van der Waals surface area contributed by atoms with Crippen molar-refractivity contribution in [1.82, 2.24) is 15.1 Å². The van der Waals surface area contributed by atoms with Gasteiger partial charge in [-0.2, -0.15) is 5.10 Å². The van der Waals surface area contributed by atoms with Crippen molar-refractivity contribution >= 4 is 27.5 Å². The summed E-state index contributed by atoms with van der Waals surface area (Å²) in [6, 6.07) is 4.17.